The minimum absolute atomic E-state index is 0.0509. The van der Waals surface area contributed by atoms with Gasteiger partial charge in [-0.3, -0.25) is 4.79 Å². The fourth-order valence-corrected chi connectivity index (χ4v) is 2.13. The number of aromatic nitrogens is 1. The summed E-state index contributed by atoms with van der Waals surface area (Å²) >= 11 is 0. The van der Waals surface area contributed by atoms with E-state index in [1.807, 2.05) is 0 Å². The number of nitrogens with zero attached hydrogens (tertiary/aromatic N) is 1. The number of hydrogen-bond acceptors (Lipinski definition) is 2. The molecule has 0 aliphatic heterocycles. The molecule has 0 spiro atoms. The molecule has 0 aliphatic rings. The zero-order chi connectivity index (χ0) is 14.2. The van der Waals surface area contributed by atoms with E-state index < -0.39 is 11.8 Å². The highest BCUT2D eigenvalue weighted by atomic mass is 19.1. The molecule has 0 saturated heterocycles. The Balaban J connectivity index is 2.87. The predicted molar refractivity (Wildman–Crippen MR) is 68.4 cm³/mol. The Hall–Kier alpha value is -2.43. The van der Waals surface area contributed by atoms with Gasteiger partial charge in [0.05, 0.1) is 11.3 Å². The van der Waals surface area contributed by atoms with Gasteiger partial charge in [-0.25, -0.2) is 9.18 Å². The molecule has 2 rings (SSSR count). The smallest absolute Gasteiger partial charge is 0.337 e. The van der Waals surface area contributed by atoms with Crippen LogP contribution in [0.1, 0.15) is 21.7 Å². The molecular weight excluding hydrogens is 249 g/mol. The van der Waals surface area contributed by atoms with Crippen LogP contribution in [0.25, 0.3) is 5.69 Å². The second-order valence-corrected chi connectivity index (χ2v) is 4.25. The van der Waals surface area contributed by atoms with E-state index in [9.17, 15) is 14.0 Å². The molecule has 1 N–H and O–H groups in total. The molecule has 0 bridgehead atoms. The summed E-state index contributed by atoms with van der Waals surface area (Å²) in [5.74, 6) is -1.86. The van der Waals surface area contributed by atoms with Crippen LogP contribution in [-0.4, -0.2) is 15.6 Å². The third-order valence-electron chi connectivity index (χ3n) is 2.85. The first-order valence-electron chi connectivity index (χ1n) is 5.64. The number of hydrogen-bond donors (Lipinski definition) is 1. The van der Waals surface area contributed by atoms with Crippen molar-refractivity contribution in [2.75, 3.05) is 0 Å². The second kappa shape index (κ2) is 4.68. The summed E-state index contributed by atoms with van der Waals surface area (Å²) in [6, 6.07) is 6.54. The minimum Gasteiger partial charge on any atom is -0.478 e. The van der Waals surface area contributed by atoms with Gasteiger partial charge < -0.3 is 9.67 Å². The van der Waals surface area contributed by atoms with Crippen LogP contribution in [-0.2, 0) is 0 Å². The lowest BCUT2D eigenvalue weighted by atomic mass is 10.1. The molecule has 1 aromatic carbocycles. The molecule has 0 atom stereocenters. The molecule has 0 radical (unpaired) electrons. The summed E-state index contributed by atoms with van der Waals surface area (Å²) < 4.78 is 15.4. The molecule has 1 heterocycles. The van der Waals surface area contributed by atoms with Gasteiger partial charge in [-0.05, 0) is 26.0 Å². The lowest BCUT2D eigenvalue weighted by Crippen LogP contribution is -2.16. The summed E-state index contributed by atoms with van der Waals surface area (Å²) in [7, 11) is 0. The van der Waals surface area contributed by atoms with Crippen molar-refractivity contribution in [3.63, 3.8) is 0 Å². The van der Waals surface area contributed by atoms with Crippen molar-refractivity contribution in [3.8, 4) is 5.69 Å². The van der Waals surface area contributed by atoms with Crippen molar-refractivity contribution in [3.05, 3.63) is 63.3 Å². The molecule has 0 saturated carbocycles. The Morgan fingerprint density at radius 1 is 1.21 bits per heavy atom. The highest BCUT2D eigenvalue weighted by Gasteiger charge is 2.18. The van der Waals surface area contributed by atoms with Crippen LogP contribution < -0.4 is 5.43 Å². The van der Waals surface area contributed by atoms with Crippen LogP contribution in [0.15, 0.2) is 35.1 Å². The summed E-state index contributed by atoms with van der Waals surface area (Å²) in [4.78, 5) is 22.6. The van der Waals surface area contributed by atoms with Crippen LogP contribution in [0, 0.1) is 19.7 Å². The molecule has 4 nitrogen and oxygen atoms in total. The van der Waals surface area contributed by atoms with Crippen molar-refractivity contribution in [2.45, 2.75) is 13.8 Å². The first kappa shape index (κ1) is 13.0. The highest BCUT2D eigenvalue weighted by molar-refractivity contribution is 5.92. The van der Waals surface area contributed by atoms with E-state index in [4.69, 9.17) is 5.11 Å². The predicted octanol–water partition coefficient (Wildman–Crippen LogP) is 2.29. The number of carboxylic acid groups (broad SMARTS) is 1. The van der Waals surface area contributed by atoms with Gasteiger partial charge in [-0.15, -0.1) is 0 Å². The van der Waals surface area contributed by atoms with Gasteiger partial charge in [-0.2, -0.15) is 0 Å². The SMILES string of the molecule is Cc1cc(=O)cc(C)n1-c1c(F)cccc1C(=O)O. The Morgan fingerprint density at radius 3 is 2.32 bits per heavy atom. The van der Waals surface area contributed by atoms with Crippen molar-refractivity contribution in [2.24, 2.45) is 0 Å². The van der Waals surface area contributed by atoms with Crippen LogP contribution >= 0.6 is 0 Å². The topological polar surface area (TPSA) is 59.3 Å². The van der Waals surface area contributed by atoms with E-state index in [0.29, 0.717) is 11.4 Å². The number of pyridine rings is 1. The van der Waals surface area contributed by atoms with Gasteiger partial charge >= 0.3 is 5.97 Å². The molecular formula is C14H12FNO3. The molecule has 19 heavy (non-hydrogen) atoms. The number of rotatable bonds is 2. The normalized spacial score (nSPS) is 10.5. The monoisotopic (exact) mass is 261 g/mol. The minimum atomic E-state index is -1.22. The molecule has 0 fully saturated rings. The number of halogens is 1. The molecule has 98 valence electrons. The standard InChI is InChI=1S/C14H12FNO3/c1-8-6-10(17)7-9(2)16(8)13-11(14(18)19)4-3-5-12(13)15/h3-7H,1-2H3,(H,18,19). The maximum absolute atomic E-state index is 14.0. The van der Waals surface area contributed by atoms with E-state index in [1.165, 1.54) is 34.9 Å². The highest BCUT2D eigenvalue weighted by Crippen LogP contribution is 2.21. The van der Waals surface area contributed by atoms with Crippen LogP contribution in [0.4, 0.5) is 4.39 Å². The molecule has 0 aliphatic carbocycles. The lowest BCUT2D eigenvalue weighted by molar-refractivity contribution is 0.0696. The van der Waals surface area contributed by atoms with Crippen molar-refractivity contribution in [1.29, 1.82) is 0 Å². The Kier molecular flexibility index (Phi) is 3.21. The van der Waals surface area contributed by atoms with Crippen molar-refractivity contribution in [1.82, 2.24) is 4.57 Å². The van der Waals surface area contributed by atoms with Gasteiger partial charge in [0.25, 0.3) is 0 Å². The first-order valence-corrected chi connectivity index (χ1v) is 5.64. The van der Waals surface area contributed by atoms with E-state index >= 15 is 0 Å². The number of para-hydroxylation sites is 1. The van der Waals surface area contributed by atoms with Crippen LogP contribution in [0.3, 0.4) is 0 Å². The zero-order valence-electron chi connectivity index (χ0n) is 10.5. The quantitative estimate of drug-likeness (QED) is 0.902. The second-order valence-electron chi connectivity index (χ2n) is 4.25. The molecule has 2 aromatic rings. The maximum Gasteiger partial charge on any atom is 0.337 e. The first-order chi connectivity index (χ1) is 8.91. The Labute approximate surface area is 108 Å². The van der Waals surface area contributed by atoms with Gasteiger partial charge in [0.1, 0.15) is 5.82 Å². The average molecular weight is 261 g/mol. The number of aryl methyl sites for hydroxylation is 2. The number of carbonyl (C=O) groups is 1. The fourth-order valence-electron chi connectivity index (χ4n) is 2.13. The molecule has 1 aromatic heterocycles. The van der Waals surface area contributed by atoms with Gasteiger partial charge in [0, 0.05) is 23.5 Å². The Bertz CT molecular complexity index is 693. The summed E-state index contributed by atoms with van der Waals surface area (Å²) in [6.45, 7) is 3.26. The molecule has 5 heteroatoms. The number of benzene rings is 1. The molecule has 0 unspecified atom stereocenters. The van der Waals surface area contributed by atoms with E-state index in [1.54, 1.807) is 13.8 Å². The summed E-state index contributed by atoms with van der Waals surface area (Å²) in [5.41, 5.74) is 0.578. The van der Waals surface area contributed by atoms with Gasteiger partial charge in [0.15, 0.2) is 5.43 Å². The van der Waals surface area contributed by atoms with Gasteiger partial charge in [-0.1, -0.05) is 6.07 Å². The van der Waals surface area contributed by atoms with Crippen molar-refractivity contribution >= 4 is 5.97 Å². The largest absolute Gasteiger partial charge is 0.478 e. The van der Waals surface area contributed by atoms with E-state index in [2.05, 4.69) is 0 Å². The number of aromatic carboxylic acids is 1. The lowest BCUT2D eigenvalue weighted by Gasteiger charge is -2.17. The molecule has 0 amide bonds. The summed E-state index contributed by atoms with van der Waals surface area (Å²) in [6.07, 6.45) is 0. The van der Waals surface area contributed by atoms with Gasteiger partial charge in [0.2, 0.25) is 0 Å². The maximum atomic E-state index is 14.0. The third-order valence-corrected chi connectivity index (χ3v) is 2.85. The number of carboxylic acids is 1. The average Bonchev–Trinajstić information content (AvgIpc) is 2.29. The summed E-state index contributed by atoms with van der Waals surface area (Å²) in [5, 5.41) is 9.15. The van der Waals surface area contributed by atoms with Crippen LogP contribution in [0.5, 0.6) is 0 Å². The van der Waals surface area contributed by atoms with E-state index in [-0.39, 0.29) is 16.7 Å². The fraction of sp³-hybridized carbons (Fsp3) is 0.143. The zero-order valence-corrected chi connectivity index (χ0v) is 10.5. The Morgan fingerprint density at radius 2 is 1.79 bits per heavy atom. The van der Waals surface area contributed by atoms with Crippen molar-refractivity contribution < 1.29 is 14.3 Å². The third kappa shape index (κ3) is 2.27. The van der Waals surface area contributed by atoms with E-state index in [0.717, 1.165) is 0 Å². The van der Waals surface area contributed by atoms with Crippen LogP contribution in [0.2, 0.25) is 0 Å².